The van der Waals surface area contributed by atoms with Crippen molar-refractivity contribution in [2.75, 3.05) is 13.2 Å². The molecule has 0 aliphatic heterocycles. The molecule has 0 saturated carbocycles. The van der Waals surface area contributed by atoms with Crippen LogP contribution in [0.5, 0.6) is 0 Å². The number of rotatable bonds is 16. The molecular weight excluding hydrogens is 496 g/mol. The lowest BCUT2D eigenvalue weighted by Gasteiger charge is -2.27. The summed E-state index contributed by atoms with van der Waals surface area (Å²) in [5.41, 5.74) is 3.18. The fourth-order valence-electron chi connectivity index (χ4n) is 5.76. The van der Waals surface area contributed by atoms with Gasteiger partial charge >= 0.3 is 0 Å². The predicted octanol–water partition coefficient (Wildman–Crippen LogP) is 8.87. The molecule has 4 nitrogen and oxygen atoms in total. The Bertz CT molecular complexity index is 918. The summed E-state index contributed by atoms with van der Waals surface area (Å²) in [5, 5.41) is 19.0. The van der Waals surface area contributed by atoms with E-state index in [0.717, 1.165) is 80.1 Å². The van der Waals surface area contributed by atoms with Crippen molar-refractivity contribution in [1.82, 2.24) is 0 Å². The van der Waals surface area contributed by atoms with Gasteiger partial charge in [0.15, 0.2) is 11.6 Å². The van der Waals surface area contributed by atoms with Gasteiger partial charge in [-0.2, -0.15) is 0 Å². The van der Waals surface area contributed by atoms with Gasteiger partial charge in [0.1, 0.15) is 0 Å². The maximum atomic E-state index is 13.3. The Hall–Kier alpha value is -1.78. The minimum Gasteiger partial charge on any atom is -0.396 e. The van der Waals surface area contributed by atoms with Gasteiger partial charge in [-0.3, -0.25) is 9.59 Å². The Morgan fingerprint density at radius 2 is 0.825 bits per heavy atom. The van der Waals surface area contributed by atoms with Crippen LogP contribution in [0.4, 0.5) is 0 Å². The normalized spacial score (nSPS) is 18.9. The van der Waals surface area contributed by atoms with Gasteiger partial charge in [0.05, 0.1) is 0 Å². The van der Waals surface area contributed by atoms with Crippen LogP contribution in [0.2, 0.25) is 0 Å². The largest absolute Gasteiger partial charge is 0.396 e. The summed E-state index contributed by atoms with van der Waals surface area (Å²) in [6.07, 6.45) is 18.0. The number of hydrogen-bond donors (Lipinski definition) is 2. The topological polar surface area (TPSA) is 74.6 Å². The van der Waals surface area contributed by atoms with Crippen molar-refractivity contribution < 1.29 is 19.8 Å². The molecule has 2 N–H and O–H groups in total. The number of aliphatic hydroxyl groups is 2. The average molecular weight is 557 g/mol. The molecule has 4 heteroatoms. The van der Waals surface area contributed by atoms with Crippen LogP contribution >= 0.6 is 0 Å². The van der Waals surface area contributed by atoms with Gasteiger partial charge in [0.2, 0.25) is 0 Å². The fraction of sp³-hybridized carbons (Fsp3) is 0.722. The molecule has 0 aromatic heterocycles. The molecule has 0 atom stereocenters. The first kappa shape index (κ1) is 36.2. The first-order valence-electron chi connectivity index (χ1n) is 15.2. The van der Waals surface area contributed by atoms with Gasteiger partial charge in [0.25, 0.3) is 0 Å². The molecule has 0 bridgehead atoms. The van der Waals surface area contributed by atoms with Crippen LogP contribution in [0.15, 0.2) is 46.6 Å². The molecule has 0 spiro atoms. The van der Waals surface area contributed by atoms with Crippen molar-refractivity contribution in [3.8, 4) is 0 Å². The summed E-state index contributed by atoms with van der Waals surface area (Å²) < 4.78 is 0. The zero-order valence-electron chi connectivity index (χ0n) is 26.2. The van der Waals surface area contributed by atoms with E-state index in [1.165, 1.54) is 0 Å². The number of allylic oxidation sites excluding steroid dienone is 8. The Labute approximate surface area is 246 Å². The molecule has 0 radical (unpaired) electrons. The summed E-state index contributed by atoms with van der Waals surface area (Å²) >= 11 is 0. The standard InChI is InChI=1S/C35H56O4.CH4/c1-32(2,24-36)18-11-9-14-26-20-34(5,6)22-28(30(26)38)16-13-17-29-23-35(7,8)21-27(31(29)39)15-10-12-19-33(3,4)25-37;/h20-23,36-37H,9-19,24-25H2,1-8H3;1H4. The van der Waals surface area contributed by atoms with Crippen molar-refractivity contribution in [2.45, 2.75) is 133 Å². The molecular formula is C36H60O4. The van der Waals surface area contributed by atoms with Crippen LogP contribution < -0.4 is 0 Å². The van der Waals surface area contributed by atoms with E-state index in [1.54, 1.807) is 0 Å². The number of ketones is 2. The van der Waals surface area contributed by atoms with Crippen LogP contribution in [-0.4, -0.2) is 35.0 Å². The molecule has 0 aromatic rings. The van der Waals surface area contributed by atoms with E-state index in [0.29, 0.717) is 12.8 Å². The second kappa shape index (κ2) is 14.9. The molecule has 0 aromatic carbocycles. The highest BCUT2D eigenvalue weighted by Crippen LogP contribution is 2.37. The van der Waals surface area contributed by atoms with Gasteiger partial charge in [-0.15, -0.1) is 0 Å². The lowest BCUT2D eigenvalue weighted by Crippen LogP contribution is -2.21. The zero-order chi connectivity index (χ0) is 29.5. The van der Waals surface area contributed by atoms with Gasteiger partial charge in [-0.25, -0.2) is 0 Å². The van der Waals surface area contributed by atoms with E-state index >= 15 is 0 Å². The monoisotopic (exact) mass is 556 g/mol. The number of Topliss-reactive ketones (excluding diaryl/α,β-unsaturated/α-hetero) is 2. The van der Waals surface area contributed by atoms with Crippen molar-refractivity contribution in [3.63, 3.8) is 0 Å². The van der Waals surface area contributed by atoms with Gasteiger partial charge in [-0.05, 0) is 90.9 Å². The van der Waals surface area contributed by atoms with E-state index in [-0.39, 0.29) is 53.9 Å². The van der Waals surface area contributed by atoms with Gasteiger partial charge in [-0.1, -0.05) is 100.0 Å². The summed E-state index contributed by atoms with van der Waals surface area (Å²) in [4.78, 5) is 26.6. The molecule has 0 heterocycles. The lowest BCUT2D eigenvalue weighted by molar-refractivity contribution is -0.113. The third kappa shape index (κ3) is 11.6. The van der Waals surface area contributed by atoms with Gasteiger partial charge in [0, 0.05) is 24.0 Å². The van der Waals surface area contributed by atoms with E-state index in [4.69, 9.17) is 0 Å². The maximum absolute atomic E-state index is 13.3. The van der Waals surface area contributed by atoms with Crippen LogP contribution in [-0.2, 0) is 9.59 Å². The molecule has 0 saturated heterocycles. The first-order valence-corrected chi connectivity index (χ1v) is 15.2. The minimum atomic E-state index is -0.147. The Balaban J connectivity index is 0.00000800. The van der Waals surface area contributed by atoms with Crippen LogP contribution in [0.3, 0.4) is 0 Å². The fourth-order valence-corrected chi connectivity index (χ4v) is 5.76. The summed E-state index contributed by atoms with van der Waals surface area (Å²) in [6.45, 7) is 17.3. The number of hydrogen-bond acceptors (Lipinski definition) is 4. The van der Waals surface area contributed by atoms with Crippen molar-refractivity contribution in [1.29, 1.82) is 0 Å². The number of carbonyl (C=O) groups is 2. The molecule has 0 amide bonds. The molecule has 2 aliphatic carbocycles. The van der Waals surface area contributed by atoms with Crippen molar-refractivity contribution in [3.05, 3.63) is 46.6 Å². The molecule has 2 aliphatic rings. The highest BCUT2D eigenvalue weighted by Gasteiger charge is 2.29. The van der Waals surface area contributed by atoms with E-state index in [2.05, 4.69) is 79.7 Å². The van der Waals surface area contributed by atoms with E-state index in [9.17, 15) is 19.8 Å². The number of carbonyl (C=O) groups excluding carboxylic acids is 2. The summed E-state index contributed by atoms with van der Waals surface area (Å²) in [6, 6.07) is 0. The SMILES string of the molecule is C.CC1(C)C=C(CCCCC(C)(C)CO)C(=O)C(CCCC2=CC(C)(C)C=C(CCCCC(C)(C)CO)C2=O)=C1. The lowest BCUT2D eigenvalue weighted by atomic mass is 9.76. The number of aliphatic hydroxyl groups excluding tert-OH is 2. The second-order valence-electron chi connectivity index (χ2n) is 14.9. The van der Waals surface area contributed by atoms with E-state index < -0.39 is 0 Å². The summed E-state index contributed by atoms with van der Waals surface area (Å²) in [5.74, 6) is 0.345. The Morgan fingerprint density at radius 3 is 1.10 bits per heavy atom. The molecule has 0 fully saturated rings. The third-order valence-electron chi connectivity index (χ3n) is 8.20. The number of unbranched alkanes of at least 4 members (excludes halogenated alkanes) is 2. The minimum absolute atomic E-state index is 0. The quantitative estimate of drug-likeness (QED) is 0.186. The summed E-state index contributed by atoms with van der Waals surface area (Å²) in [7, 11) is 0. The molecule has 40 heavy (non-hydrogen) atoms. The third-order valence-corrected chi connectivity index (χ3v) is 8.20. The molecule has 0 unspecified atom stereocenters. The highest BCUT2D eigenvalue weighted by molar-refractivity contribution is 6.10. The van der Waals surface area contributed by atoms with E-state index in [1.807, 2.05) is 0 Å². The van der Waals surface area contributed by atoms with Crippen molar-refractivity contribution >= 4 is 11.6 Å². The van der Waals surface area contributed by atoms with Crippen LogP contribution in [0, 0.1) is 21.7 Å². The Kier molecular flexibility index (Phi) is 13.5. The van der Waals surface area contributed by atoms with Crippen LogP contribution in [0.1, 0.15) is 133 Å². The maximum Gasteiger partial charge on any atom is 0.184 e. The molecule has 228 valence electrons. The average Bonchev–Trinajstić information content (AvgIpc) is 2.84. The Morgan fingerprint density at radius 1 is 0.550 bits per heavy atom. The predicted molar refractivity (Wildman–Crippen MR) is 169 cm³/mol. The highest BCUT2D eigenvalue weighted by atomic mass is 16.3. The van der Waals surface area contributed by atoms with Crippen molar-refractivity contribution in [2.24, 2.45) is 21.7 Å². The second-order valence-corrected chi connectivity index (χ2v) is 14.9. The van der Waals surface area contributed by atoms with Crippen LogP contribution in [0.25, 0.3) is 0 Å². The smallest absolute Gasteiger partial charge is 0.184 e. The zero-order valence-corrected chi connectivity index (χ0v) is 26.2. The first-order chi connectivity index (χ1) is 18.0. The van der Waals surface area contributed by atoms with Gasteiger partial charge < -0.3 is 10.2 Å². The molecule has 2 rings (SSSR count).